The van der Waals surface area contributed by atoms with Crippen LogP contribution >= 0.6 is 15.9 Å². The van der Waals surface area contributed by atoms with Gasteiger partial charge in [0, 0.05) is 29.7 Å². The topological polar surface area (TPSA) is 32.3 Å². The normalized spacial score (nSPS) is 21.4. The van der Waals surface area contributed by atoms with Crippen molar-refractivity contribution >= 4 is 21.8 Å². The molecule has 0 aliphatic carbocycles. The quantitative estimate of drug-likeness (QED) is 0.929. The van der Waals surface area contributed by atoms with E-state index in [0.29, 0.717) is 10.0 Å². The first-order valence-corrected chi connectivity index (χ1v) is 6.74. The van der Waals surface area contributed by atoms with E-state index in [0.717, 1.165) is 13.0 Å². The van der Waals surface area contributed by atoms with Gasteiger partial charge in [0.15, 0.2) is 0 Å². The molecule has 1 heterocycles. The number of likely N-dealkylation sites (N-methyl/N-ethyl adjacent to an activating group) is 1. The smallest absolute Gasteiger partial charge is 0.239 e. The molecular weight excluding hydrogens is 299 g/mol. The predicted molar refractivity (Wildman–Crippen MR) is 71.7 cm³/mol. The Balaban J connectivity index is 2.08. The van der Waals surface area contributed by atoms with Crippen molar-refractivity contribution in [3.05, 3.63) is 34.1 Å². The fourth-order valence-electron chi connectivity index (χ4n) is 2.22. The first kappa shape index (κ1) is 13.5. The third-order valence-corrected chi connectivity index (χ3v) is 3.80. The Labute approximate surface area is 114 Å². The third-order valence-electron chi connectivity index (χ3n) is 3.31. The number of hydrogen-bond donors (Lipinski definition) is 1. The molecule has 1 aliphatic heterocycles. The lowest BCUT2D eigenvalue weighted by atomic mass is 10.1. The second-order valence-corrected chi connectivity index (χ2v) is 5.57. The molecule has 0 spiro atoms. The molecule has 1 fully saturated rings. The maximum atomic E-state index is 13.8. The van der Waals surface area contributed by atoms with Crippen LogP contribution in [0, 0.1) is 5.82 Å². The first-order valence-electron chi connectivity index (χ1n) is 5.95. The number of rotatable bonds is 3. The Morgan fingerprint density at radius 2 is 2.28 bits per heavy atom. The minimum Gasteiger partial charge on any atom is -0.344 e. The van der Waals surface area contributed by atoms with Crippen molar-refractivity contribution in [1.29, 1.82) is 0 Å². The van der Waals surface area contributed by atoms with Crippen molar-refractivity contribution < 1.29 is 9.18 Å². The summed E-state index contributed by atoms with van der Waals surface area (Å²) in [5.41, 5.74) is 0.584. The number of carbonyl (C=O) groups excluding carboxylic acids is 1. The molecule has 2 unspecified atom stereocenters. The van der Waals surface area contributed by atoms with Crippen LogP contribution in [0.2, 0.25) is 0 Å². The number of likely N-dealkylation sites (tertiary alicyclic amines) is 1. The minimum atomic E-state index is -0.261. The van der Waals surface area contributed by atoms with Crippen molar-refractivity contribution in [3.63, 3.8) is 0 Å². The summed E-state index contributed by atoms with van der Waals surface area (Å²) in [6, 6.07) is 4.60. The van der Waals surface area contributed by atoms with Gasteiger partial charge in [-0.1, -0.05) is 22.0 Å². The van der Waals surface area contributed by atoms with Gasteiger partial charge < -0.3 is 4.90 Å². The van der Waals surface area contributed by atoms with Gasteiger partial charge in [-0.15, -0.1) is 0 Å². The fourth-order valence-corrected chi connectivity index (χ4v) is 2.55. The van der Waals surface area contributed by atoms with Gasteiger partial charge in [-0.3, -0.25) is 10.1 Å². The van der Waals surface area contributed by atoms with Crippen LogP contribution in [-0.4, -0.2) is 30.4 Å². The van der Waals surface area contributed by atoms with Gasteiger partial charge in [0.1, 0.15) is 5.82 Å². The Bertz CT molecular complexity index is 466. The molecule has 1 N–H and O–H groups in total. The van der Waals surface area contributed by atoms with Crippen LogP contribution in [-0.2, 0) is 4.79 Å². The highest BCUT2D eigenvalue weighted by Crippen LogP contribution is 2.22. The summed E-state index contributed by atoms with van der Waals surface area (Å²) in [7, 11) is 1.79. The standard InChI is InChI=1S/C13H16BrFN2O/c1-8(10-4-3-9(14)7-11(10)15)16-12-5-6-17(2)13(12)18/h3-4,7-8,12,16H,5-6H2,1-2H3. The molecular formula is C13H16BrFN2O. The zero-order valence-corrected chi connectivity index (χ0v) is 12.0. The van der Waals surface area contributed by atoms with E-state index < -0.39 is 0 Å². The zero-order chi connectivity index (χ0) is 13.3. The summed E-state index contributed by atoms with van der Waals surface area (Å²) in [4.78, 5) is 13.5. The van der Waals surface area contributed by atoms with E-state index >= 15 is 0 Å². The Hall–Kier alpha value is -0.940. The minimum absolute atomic E-state index is 0.0827. The van der Waals surface area contributed by atoms with E-state index in [1.807, 2.05) is 6.92 Å². The molecule has 1 saturated heterocycles. The van der Waals surface area contributed by atoms with Crippen LogP contribution < -0.4 is 5.32 Å². The van der Waals surface area contributed by atoms with Crippen LogP contribution in [0.25, 0.3) is 0 Å². The highest BCUT2D eigenvalue weighted by Gasteiger charge is 2.30. The molecule has 5 heteroatoms. The SMILES string of the molecule is CC(NC1CCN(C)C1=O)c1ccc(Br)cc1F. The molecule has 18 heavy (non-hydrogen) atoms. The second kappa shape index (κ2) is 5.36. The summed E-state index contributed by atoms with van der Waals surface area (Å²) in [5, 5.41) is 3.19. The van der Waals surface area contributed by atoms with E-state index in [1.165, 1.54) is 6.07 Å². The van der Waals surface area contributed by atoms with Crippen LogP contribution in [0.4, 0.5) is 4.39 Å². The lowest BCUT2D eigenvalue weighted by molar-refractivity contribution is -0.128. The van der Waals surface area contributed by atoms with Crippen LogP contribution in [0.15, 0.2) is 22.7 Å². The number of nitrogens with zero attached hydrogens (tertiary/aromatic N) is 1. The van der Waals surface area contributed by atoms with Crippen LogP contribution in [0.1, 0.15) is 24.9 Å². The Kier molecular flexibility index (Phi) is 4.02. The zero-order valence-electron chi connectivity index (χ0n) is 10.4. The fraction of sp³-hybridized carbons (Fsp3) is 0.462. The van der Waals surface area contributed by atoms with Gasteiger partial charge in [0.05, 0.1) is 6.04 Å². The number of nitrogens with one attached hydrogen (secondary N) is 1. The van der Waals surface area contributed by atoms with Gasteiger partial charge in [-0.05, 0) is 25.5 Å². The number of halogens is 2. The molecule has 1 aliphatic rings. The van der Waals surface area contributed by atoms with Crippen molar-refractivity contribution in [2.75, 3.05) is 13.6 Å². The summed E-state index contributed by atoms with van der Waals surface area (Å²) in [6.45, 7) is 2.63. The summed E-state index contributed by atoms with van der Waals surface area (Å²) in [6.07, 6.45) is 0.776. The first-order chi connectivity index (χ1) is 8.49. The van der Waals surface area contributed by atoms with Gasteiger partial charge in [-0.2, -0.15) is 0 Å². The van der Waals surface area contributed by atoms with Crippen molar-refractivity contribution in [2.45, 2.75) is 25.4 Å². The van der Waals surface area contributed by atoms with Gasteiger partial charge in [0.2, 0.25) is 5.91 Å². The maximum Gasteiger partial charge on any atom is 0.239 e. The Morgan fingerprint density at radius 3 is 2.83 bits per heavy atom. The van der Waals surface area contributed by atoms with Crippen LogP contribution in [0.3, 0.4) is 0 Å². The van der Waals surface area contributed by atoms with Crippen LogP contribution in [0.5, 0.6) is 0 Å². The number of carbonyl (C=O) groups is 1. The van der Waals surface area contributed by atoms with Crippen molar-refractivity contribution in [1.82, 2.24) is 10.2 Å². The molecule has 2 rings (SSSR count). The molecule has 1 aromatic rings. The maximum absolute atomic E-state index is 13.8. The molecule has 0 saturated carbocycles. The highest BCUT2D eigenvalue weighted by molar-refractivity contribution is 9.10. The number of benzene rings is 1. The lowest BCUT2D eigenvalue weighted by Gasteiger charge is -2.19. The molecule has 0 bridgehead atoms. The van der Waals surface area contributed by atoms with Crippen molar-refractivity contribution in [2.24, 2.45) is 0 Å². The average molecular weight is 315 g/mol. The molecule has 1 amide bonds. The summed E-state index contributed by atoms with van der Waals surface area (Å²) >= 11 is 3.23. The largest absolute Gasteiger partial charge is 0.344 e. The summed E-state index contributed by atoms with van der Waals surface area (Å²) in [5.74, 6) is -0.178. The molecule has 98 valence electrons. The van der Waals surface area contributed by atoms with Gasteiger partial charge >= 0.3 is 0 Å². The molecule has 0 radical (unpaired) electrons. The second-order valence-electron chi connectivity index (χ2n) is 4.66. The molecule has 1 aromatic carbocycles. The van der Waals surface area contributed by atoms with E-state index in [2.05, 4.69) is 21.2 Å². The predicted octanol–water partition coefficient (Wildman–Crippen LogP) is 2.47. The lowest BCUT2D eigenvalue weighted by Crippen LogP contribution is -2.38. The highest BCUT2D eigenvalue weighted by atomic mass is 79.9. The average Bonchev–Trinajstić information content (AvgIpc) is 2.61. The van der Waals surface area contributed by atoms with E-state index in [4.69, 9.17) is 0 Å². The van der Waals surface area contributed by atoms with Gasteiger partial charge in [-0.25, -0.2) is 4.39 Å². The monoisotopic (exact) mass is 314 g/mol. The van der Waals surface area contributed by atoms with Gasteiger partial charge in [0.25, 0.3) is 0 Å². The van der Waals surface area contributed by atoms with E-state index in [-0.39, 0.29) is 23.8 Å². The number of hydrogen-bond acceptors (Lipinski definition) is 2. The number of amides is 1. The summed E-state index contributed by atoms with van der Waals surface area (Å²) < 4.78 is 14.5. The van der Waals surface area contributed by atoms with E-state index in [9.17, 15) is 9.18 Å². The molecule has 0 aromatic heterocycles. The molecule has 2 atom stereocenters. The molecule has 3 nitrogen and oxygen atoms in total. The van der Waals surface area contributed by atoms with E-state index in [1.54, 1.807) is 24.1 Å². The van der Waals surface area contributed by atoms with Crippen molar-refractivity contribution in [3.8, 4) is 0 Å². The third kappa shape index (κ3) is 2.72. The Morgan fingerprint density at radius 1 is 1.56 bits per heavy atom.